The molecule has 0 aliphatic carbocycles. The first-order valence-electron chi connectivity index (χ1n) is 7.48. The SMILES string of the molecule is COC(=O)[C@@H]1CSCc2c(O)cc(OC)cc2C(=O)OCCC(=O)N1. The van der Waals surface area contributed by atoms with E-state index in [4.69, 9.17) is 9.47 Å². The van der Waals surface area contributed by atoms with E-state index < -0.39 is 23.9 Å². The highest BCUT2D eigenvalue weighted by molar-refractivity contribution is 7.98. The van der Waals surface area contributed by atoms with Crippen LogP contribution in [0.25, 0.3) is 0 Å². The highest BCUT2D eigenvalue weighted by Gasteiger charge is 2.25. The van der Waals surface area contributed by atoms with Gasteiger partial charge in [-0.3, -0.25) is 4.79 Å². The molecule has 1 aromatic rings. The van der Waals surface area contributed by atoms with Crippen LogP contribution < -0.4 is 10.1 Å². The molecule has 2 N–H and O–H groups in total. The Hall–Kier alpha value is -2.42. The molecule has 1 aromatic carbocycles. The van der Waals surface area contributed by atoms with Gasteiger partial charge < -0.3 is 24.6 Å². The first-order valence-corrected chi connectivity index (χ1v) is 8.63. The van der Waals surface area contributed by atoms with Crippen LogP contribution in [0.3, 0.4) is 0 Å². The summed E-state index contributed by atoms with van der Waals surface area (Å²) in [6, 6.07) is 2.06. The zero-order valence-corrected chi connectivity index (χ0v) is 14.7. The number of fused-ring (bicyclic) bond motifs is 1. The number of esters is 2. The van der Waals surface area contributed by atoms with Crippen molar-refractivity contribution < 1.29 is 33.7 Å². The molecule has 1 aliphatic heterocycles. The van der Waals surface area contributed by atoms with E-state index in [-0.39, 0.29) is 35.8 Å². The number of ether oxygens (including phenoxy) is 3. The summed E-state index contributed by atoms with van der Waals surface area (Å²) in [6.07, 6.45) is -0.0881. The van der Waals surface area contributed by atoms with Gasteiger partial charge in [-0.25, -0.2) is 9.59 Å². The molecule has 0 unspecified atom stereocenters. The van der Waals surface area contributed by atoms with E-state index in [0.29, 0.717) is 11.3 Å². The van der Waals surface area contributed by atoms with Crippen molar-refractivity contribution in [3.63, 3.8) is 0 Å². The molecule has 136 valence electrons. The van der Waals surface area contributed by atoms with Crippen LogP contribution in [0.5, 0.6) is 11.5 Å². The third-order valence-electron chi connectivity index (χ3n) is 3.57. The van der Waals surface area contributed by atoms with Crippen LogP contribution in [0.4, 0.5) is 0 Å². The maximum Gasteiger partial charge on any atom is 0.338 e. The summed E-state index contributed by atoms with van der Waals surface area (Å²) in [5, 5.41) is 12.7. The topological polar surface area (TPSA) is 111 Å². The Kier molecular flexibility index (Phi) is 6.51. The summed E-state index contributed by atoms with van der Waals surface area (Å²) in [5.41, 5.74) is 0.547. The second kappa shape index (κ2) is 8.61. The van der Waals surface area contributed by atoms with Gasteiger partial charge in [0.2, 0.25) is 5.91 Å². The number of hydrogen-bond acceptors (Lipinski definition) is 8. The van der Waals surface area contributed by atoms with E-state index in [1.165, 1.54) is 38.1 Å². The lowest BCUT2D eigenvalue weighted by Gasteiger charge is -2.19. The maximum atomic E-state index is 12.3. The van der Waals surface area contributed by atoms with Gasteiger partial charge >= 0.3 is 11.9 Å². The quantitative estimate of drug-likeness (QED) is 0.738. The molecule has 0 saturated heterocycles. The zero-order valence-electron chi connectivity index (χ0n) is 13.9. The molecular weight excluding hydrogens is 350 g/mol. The molecule has 0 spiro atoms. The summed E-state index contributed by atoms with van der Waals surface area (Å²) in [7, 11) is 2.66. The first-order chi connectivity index (χ1) is 12.0. The van der Waals surface area contributed by atoms with Gasteiger partial charge in [0, 0.05) is 23.1 Å². The minimum atomic E-state index is -0.818. The van der Waals surface area contributed by atoms with E-state index in [9.17, 15) is 19.5 Å². The number of thioether (sulfide) groups is 1. The number of cyclic esters (lactones) is 1. The van der Waals surface area contributed by atoms with Gasteiger partial charge in [0.15, 0.2) is 0 Å². The van der Waals surface area contributed by atoms with Crippen LogP contribution in [0.15, 0.2) is 12.1 Å². The number of carbonyl (C=O) groups excluding carboxylic acids is 3. The fraction of sp³-hybridized carbons (Fsp3) is 0.438. The van der Waals surface area contributed by atoms with Gasteiger partial charge in [-0.1, -0.05) is 0 Å². The van der Waals surface area contributed by atoms with E-state index in [1.54, 1.807) is 0 Å². The van der Waals surface area contributed by atoms with Crippen LogP contribution >= 0.6 is 11.8 Å². The average molecular weight is 369 g/mol. The number of aromatic hydroxyl groups is 1. The van der Waals surface area contributed by atoms with Gasteiger partial charge in [0.1, 0.15) is 24.1 Å². The highest BCUT2D eigenvalue weighted by atomic mass is 32.2. The Labute approximate surface area is 148 Å². The van der Waals surface area contributed by atoms with Gasteiger partial charge in [-0.2, -0.15) is 11.8 Å². The number of nitrogens with one attached hydrogen (secondary N) is 1. The molecule has 1 atom stereocenters. The standard InChI is InChI=1S/C16H19NO7S/c1-22-9-5-10-11(13(18)6-9)7-25-8-12(16(21)23-2)17-14(19)3-4-24-15(10)20/h5-6,12,18H,3-4,7-8H2,1-2H3,(H,17,19)/t12-/m0/s1. The summed E-state index contributed by atoms with van der Waals surface area (Å²) >= 11 is 1.27. The fourth-order valence-corrected chi connectivity index (χ4v) is 3.33. The van der Waals surface area contributed by atoms with Crippen LogP contribution in [-0.2, 0) is 24.8 Å². The second-order valence-corrected chi connectivity index (χ2v) is 6.25. The summed E-state index contributed by atoms with van der Waals surface area (Å²) in [4.78, 5) is 35.9. The number of methoxy groups -OCH3 is 2. The molecule has 1 aliphatic rings. The monoisotopic (exact) mass is 369 g/mol. The van der Waals surface area contributed by atoms with Crippen molar-refractivity contribution in [1.29, 1.82) is 0 Å². The van der Waals surface area contributed by atoms with Crippen molar-refractivity contribution in [1.82, 2.24) is 5.32 Å². The molecular formula is C16H19NO7S. The largest absolute Gasteiger partial charge is 0.507 e. The van der Waals surface area contributed by atoms with Crippen molar-refractivity contribution in [3.8, 4) is 11.5 Å². The lowest BCUT2D eigenvalue weighted by molar-refractivity contribution is -0.144. The maximum absolute atomic E-state index is 12.3. The lowest BCUT2D eigenvalue weighted by atomic mass is 10.1. The number of phenols is 1. The normalized spacial score (nSPS) is 18.7. The molecule has 8 nitrogen and oxygen atoms in total. The van der Waals surface area contributed by atoms with Gasteiger partial charge in [-0.05, 0) is 6.07 Å². The molecule has 1 amide bonds. The minimum absolute atomic E-state index is 0.0881. The molecule has 9 heteroatoms. The molecule has 0 saturated carbocycles. The predicted molar refractivity (Wildman–Crippen MR) is 89.7 cm³/mol. The Bertz CT molecular complexity index is 677. The molecule has 0 bridgehead atoms. The molecule has 2 rings (SSSR count). The molecule has 0 aromatic heterocycles. The third-order valence-corrected chi connectivity index (χ3v) is 4.63. The Morgan fingerprint density at radius 3 is 2.80 bits per heavy atom. The Morgan fingerprint density at radius 2 is 2.12 bits per heavy atom. The molecule has 25 heavy (non-hydrogen) atoms. The Morgan fingerprint density at radius 1 is 1.36 bits per heavy atom. The van der Waals surface area contributed by atoms with Gasteiger partial charge in [0.05, 0.1) is 26.2 Å². The summed E-state index contributed by atoms with van der Waals surface area (Å²) < 4.78 is 14.8. The average Bonchev–Trinajstić information content (AvgIpc) is 2.59. The number of phenolic OH excluding ortho intramolecular Hbond substituents is 1. The molecule has 1 heterocycles. The van der Waals surface area contributed by atoms with Gasteiger partial charge in [-0.15, -0.1) is 0 Å². The van der Waals surface area contributed by atoms with E-state index in [0.717, 1.165) is 0 Å². The van der Waals surface area contributed by atoms with Crippen LogP contribution in [0.1, 0.15) is 22.3 Å². The highest BCUT2D eigenvalue weighted by Crippen LogP contribution is 2.32. The van der Waals surface area contributed by atoms with Crippen LogP contribution in [-0.4, -0.2) is 55.6 Å². The third kappa shape index (κ3) is 4.79. The Balaban J connectivity index is 2.31. The number of rotatable bonds is 2. The number of hydrogen-bond donors (Lipinski definition) is 2. The minimum Gasteiger partial charge on any atom is -0.507 e. The summed E-state index contributed by atoms with van der Waals surface area (Å²) in [6.45, 7) is -0.150. The smallest absolute Gasteiger partial charge is 0.338 e. The van der Waals surface area contributed by atoms with Crippen LogP contribution in [0, 0.1) is 0 Å². The van der Waals surface area contributed by atoms with Crippen molar-refractivity contribution in [2.24, 2.45) is 0 Å². The zero-order chi connectivity index (χ0) is 18.4. The van der Waals surface area contributed by atoms with Crippen LogP contribution in [0.2, 0.25) is 0 Å². The van der Waals surface area contributed by atoms with Crippen molar-refractivity contribution >= 4 is 29.6 Å². The van der Waals surface area contributed by atoms with E-state index in [1.807, 2.05) is 0 Å². The predicted octanol–water partition coefficient (Wildman–Crippen LogP) is 0.852. The summed E-state index contributed by atoms with van der Waals surface area (Å²) in [5.74, 6) is -0.943. The van der Waals surface area contributed by atoms with E-state index >= 15 is 0 Å². The fourth-order valence-electron chi connectivity index (χ4n) is 2.25. The van der Waals surface area contributed by atoms with Crippen molar-refractivity contribution in [2.75, 3.05) is 26.6 Å². The second-order valence-electron chi connectivity index (χ2n) is 5.22. The van der Waals surface area contributed by atoms with Crippen molar-refractivity contribution in [2.45, 2.75) is 18.2 Å². The van der Waals surface area contributed by atoms with Crippen molar-refractivity contribution in [3.05, 3.63) is 23.3 Å². The number of benzene rings is 1. The lowest BCUT2D eigenvalue weighted by Crippen LogP contribution is -2.43. The van der Waals surface area contributed by atoms with E-state index in [2.05, 4.69) is 10.1 Å². The first kappa shape index (κ1) is 18.9. The number of amides is 1. The molecule has 0 radical (unpaired) electrons. The molecule has 0 fully saturated rings. The number of carbonyl (C=O) groups is 3. The van der Waals surface area contributed by atoms with Gasteiger partial charge in [0.25, 0.3) is 0 Å².